The number of rotatable bonds is 14. The Morgan fingerprint density at radius 2 is 0.889 bits per heavy atom. The normalized spacial score (nSPS) is 16.0. The van der Waals surface area contributed by atoms with Crippen LogP contribution in [0.3, 0.4) is 0 Å². The summed E-state index contributed by atoms with van der Waals surface area (Å²) in [6.07, 6.45) is 0. The Kier molecular flexibility index (Phi) is 13.0. The molecule has 0 aliphatic carbocycles. The minimum absolute atomic E-state index is 0.310. The highest BCUT2D eigenvalue weighted by atomic mass is 32.2. The van der Waals surface area contributed by atoms with Crippen molar-refractivity contribution in [3.63, 3.8) is 0 Å². The second-order valence-corrected chi connectivity index (χ2v) is 20.2. The third kappa shape index (κ3) is 9.64. The van der Waals surface area contributed by atoms with Crippen molar-refractivity contribution in [2.24, 2.45) is 0 Å². The van der Waals surface area contributed by atoms with E-state index in [-0.39, 0.29) is 0 Å². The third-order valence-corrected chi connectivity index (χ3v) is 16.0. The lowest BCUT2D eigenvalue weighted by Crippen LogP contribution is -2.48. The summed E-state index contributed by atoms with van der Waals surface area (Å²) in [7, 11) is -6.08. The van der Waals surface area contributed by atoms with Crippen molar-refractivity contribution in [2.45, 2.75) is 64.4 Å². The quantitative estimate of drug-likeness (QED) is 0.105. The van der Waals surface area contributed by atoms with Gasteiger partial charge < -0.3 is 18.4 Å². The van der Waals surface area contributed by atoms with E-state index < -0.39 is 20.0 Å². The van der Waals surface area contributed by atoms with Crippen LogP contribution < -0.4 is 9.31 Å². The van der Waals surface area contributed by atoms with Crippen LogP contribution in [-0.4, -0.2) is 106 Å². The Bertz CT molecular complexity index is 2570. The standard InChI is InChI=1S/C46H52BN6O8S2/c1-31-7-13-39(45-33(3)48-60-35(45)5)27-43(31)62(54,55)52-23-19-50(20-24-52)29-37-9-15-41(16-10-37)58-47-59-42-17-11-38(12-18-42)30-51-21-25-53(26-22-51)63(56,57)44-28-40(14-8-32(44)2)46-34(4)49-61-36(46)6/h7-18,27-28H,19-26,29-30H2,1-6H3. The molecule has 2 aliphatic heterocycles. The van der Waals surface area contributed by atoms with E-state index >= 15 is 0 Å². The van der Waals surface area contributed by atoms with E-state index in [9.17, 15) is 16.8 Å². The van der Waals surface area contributed by atoms with Gasteiger partial charge in [0.25, 0.3) is 0 Å². The van der Waals surface area contributed by atoms with E-state index in [1.165, 1.54) is 7.69 Å². The summed E-state index contributed by atoms with van der Waals surface area (Å²) in [6, 6.07) is 26.5. The maximum absolute atomic E-state index is 13.8. The van der Waals surface area contributed by atoms with Crippen LogP contribution in [0, 0.1) is 41.5 Å². The molecule has 1 radical (unpaired) electrons. The van der Waals surface area contributed by atoms with Crippen LogP contribution in [0.15, 0.2) is 104 Å². The van der Waals surface area contributed by atoms with E-state index in [0.29, 0.717) is 109 Å². The lowest BCUT2D eigenvalue weighted by Gasteiger charge is -2.34. The predicted molar refractivity (Wildman–Crippen MR) is 240 cm³/mol. The first-order valence-corrected chi connectivity index (χ1v) is 23.9. The second kappa shape index (κ2) is 18.4. The van der Waals surface area contributed by atoms with Crippen LogP contribution in [0.4, 0.5) is 0 Å². The number of sulfonamides is 2. The first-order valence-electron chi connectivity index (χ1n) is 21.0. The average molecular weight is 892 g/mol. The van der Waals surface area contributed by atoms with Crippen LogP contribution in [0.1, 0.15) is 45.2 Å². The zero-order chi connectivity index (χ0) is 44.5. The molecule has 329 valence electrons. The highest BCUT2D eigenvalue weighted by molar-refractivity contribution is 7.89. The van der Waals surface area contributed by atoms with Crippen molar-refractivity contribution in [2.75, 3.05) is 52.4 Å². The van der Waals surface area contributed by atoms with E-state index in [1.54, 1.807) is 20.7 Å². The van der Waals surface area contributed by atoms with Crippen LogP contribution in [0.25, 0.3) is 22.3 Å². The minimum atomic E-state index is -3.69. The van der Waals surface area contributed by atoms with Crippen molar-refractivity contribution >= 4 is 27.7 Å². The molecule has 2 saturated heterocycles. The molecule has 2 fully saturated rings. The van der Waals surface area contributed by atoms with Gasteiger partial charge >= 0.3 is 7.69 Å². The molecule has 0 saturated carbocycles. The lowest BCUT2D eigenvalue weighted by molar-refractivity contribution is 0.181. The van der Waals surface area contributed by atoms with E-state index in [2.05, 4.69) is 20.1 Å². The highest BCUT2D eigenvalue weighted by Crippen LogP contribution is 2.33. The summed E-state index contributed by atoms with van der Waals surface area (Å²) in [5.41, 5.74) is 8.26. The number of hydrogen-bond acceptors (Lipinski definition) is 12. The number of nitrogens with zero attached hydrogens (tertiary/aromatic N) is 6. The zero-order valence-corrected chi connectivity index (χ0v) is 38.1. The maximum atomic E-state index is 13.8. The molecular weight excluding hydrogens is 839 g/mol. The number of aryl methyl sites for hydroxylation is 6. The van der Waals surface area contributed by atoms with E-state index in [1.807, 2.05) is 114 Å². The van der Waals surface area contributed by atoms with Gasteiger partial charge in [-0.2, -0.15) is 8.61 Å². The molecule has 0 atom stereocenters. The molecule has 4 heterocycles. The molecule has 63 heavy (non-hydrogen) atoms. The smallest absolute Gasteiger partial charge is 0.526 e. The van der Waals surface area contributed by atoms with Crippen molar-refractivity contribution in [3.05, 3.63) is 130 Å². The fourth-order valence-corrected chi connectivity index (χ4v) is 11.7. The molecule has 0 N–H and O–H groups in total. The average Bonchev–Trinajstić information content (AvgIpc) is 3.80. The lowest BCUT2D eigenvalue weighted by atomic mass is 10.0. The molecule has 8 rings (SSSR count). The van der Waals surface area contributed by atoms with Gasteiger partial charge in [0.15, 0.2) is 0 Å². The van der Waals surface area contributed by atoms with E-state index in [0.717, 1.165) is 44.8 Å². The Labute approximate surface area is 370 Å². The third-order valence-electron chi connectivity index (χ3n) is 11.9. The van der Waals surface area contributed by atoms with Crippen LogP contribution in [-0.2, 0) is 33.1 Å². The van der Waals surface area contributed by atoms with Gasteiger partial charge in [-0.25, -0.2) is 16.8 Å². The molecule has 0 bridgehead atoms. The first-order chi connectivity index (χ1) is 30.2. The van der Waals surface area contributed by atoms with Crippen LogP contribution in [0.2, 0.25) is 0 Å². The minimum Gasteiger partial charge on any atom is -0.526 e. The predicted octanol–water partition coefficient (Wildman–Crippen LogP) is 6.85. The molecule has 6 aromatic rings. The van der Waals surface area contributed by atoms with Gasteiger partial charge in [-0.1, -0.05) is 58.8 Å². The summed E-state index contributed by atoms with van der Waals surface area (Å²) in [5, 5.41) is 8.07. The summed E-state index contributed by atoms with van der Waals surface area (Å²) < 4.78 is 80.5. The first kappa shape index (κ1) is 44.3. The molecule has 0 amide bonds. The Morgan fingerprint density at radius 3 is 1.22 bits per heavy atom. The topological polar surface area (TPSA) is 152 Å². The van der Waals surface area contributed by atoms with Crippen molar-refractivity contribution in [1.82, 2.24) is 28.7 Å². The number of piperazine rings is 2. The molecule has 17 heteroatoms. The molecule has 2 aromatic heterocycles. The summed E-state index contributed by atoms with van der Waals surface area (Å²) >= 11 is 0. The molecule has 0 spiro atoms. The summed E-state index contributed by atoms with van der Waals surface area (Å²) in [5.74, 6) is 2.57. The molecule has 2 aliphatic rings. The SMILES string of the molecule is Cc1ccc(-c2c(C)noc2C)cc1S(=O)(=O)N1CCN(Cc2ccc(O[B]Oc3ccc(CN4CCN(S(=O)(=O)c5cc(-c6c(C)noc6C)ccc5C)CC4)cc3)cc2)CC1. The molecule has 4 aromatic carbocycles. The second-order valence-electron chi connectivity index (χ2n) is 16.3. The van der Waals surface area contributed by atoms with Crippen molar-refractivity contribution in [1.29, 1.82) is 0 Å². The highest BCUT2D eigenvalue weighted by Gasteiger charge is 2.32. The van der Waals surface area contributed by atoms with E-state index in [4.69, 9.17) is 18.4 Å². The van der Waals surface area contributed by atoms with Gasteiger partial charge in [0, 0.05) is 76.6 Å². The fraction of sp³-hybridized carbons (Fsp3) is 0.348. The van der Waals surface area contributed by atoms with Crippen molar-refractivity contribution in [3.8, 4) is 33.8 Å². The van der Waals surface area contributed by atoms with Gasteiger partial charge in [-0.05, 0) is 111 Å². The van der Waals surface area contributed by atoms with Gasteiger partial charge in [0.2, 0.25) is 20.0 Å². The summed E-state index contributed by atoms with van der Waals surface area (Å²) in [6.45, 7) is 16.5. The Hall–Kier alpha value is -5.30. The maximum Gasteiger partial charge on any atom is 0.658 e. The zero-order valence-electron chi connectivity index (χ0n) is 36.5. The number of benzene rings is 4. The largest absolute Gasteiger partial charge is 0.658 e. The molecule has 14 nitrogen and oxygen atoms in total. The van der Waals surface area contributed by atoms with Gasteiger partial charge in [0.1, 0.15) is 23.0 Å². The van der Waals surface area contributed by atoms with Crippen LogP contribution in [0.5, 0.6) is 11.5 Å². The molecular formula is C46H52BN6O8S2. The molecule has 0 unspecified atom stereocenters. The van der Waals surface area contributed by atoms with Crippen molar-refractivity contribution < 1.29 is 35.2 Å². The van der Waals surface area contributed by atoms with Gasteiger partial charge in [0.05, 0.1) is 21.2 Å². The Balaban J connectivity index is 0.765. The Morgan fingerprint density at radius 1 is 0.524 bits per heavy atom. The number of hydrogen-bond donors (Lipinski definition) is 0. The monoisotopic (exact) mass is 891 g/mol. The van der Waals surface area contributed by atoms with Gasteiger partial charge in [-0.3, -0.25) is 9.80 Å². The number of aromatic nitrogens is 2. The summed E-state index contributed by atoms with van der Waals surface area (Å²) in [4.78, 5) is 5.13. The van der Waals surface area contributed by atoms with Crippen LogP contribution >= 0.6 is 0 Å². The van der Waals surface area contributed by atoms with Gasteiger partial charge in [-0.15, -0.1) is 0 Å². The fourth-order valence-electron chi connectivity index (χ4n) is 8.39.